The molecule has 0 atom stereocenters. The molecule has 0 bridgehead atoms. The molecule has 0 unspecified atom stereocenters. The van der Waals surface area contributed by atoms with E-state index < -0.39 is 13.5 Å². The second-order valence-electron chi connectivity index (χ2n) is 16.5. The van der Waals surface area contributed by atoms with Gasteiger partial charge >= 0.3 is 0 Å². The van der Waals surface area contributed by atoms with Crippen molar-refractivity contribution in [2.75, 3.05) is 4.90 Å². The van der Waals surface area contributed by atoms with Gasteiger partial charge in [0.1, 0.15) is 0 Å². The standard InChI is InChI=1S/C55H37NSi/c1-34-23-27-42-43-28-24-35(2)32-52(43)57(51(42)31-34)50-22-12-7-17-41(50)44-29-26-37(33-53(44)57)56-48-21-11-10-20-47(48)55(54-38-14-4-3-13-36(38)25-30-49(54)56)45-18-8-5-15-39(45)40-16-6-9-19-46(40)55/h3-33H,1-2H3. The van der Waals surface area contributed by atoms with Gasteiger partial charge in [-0.25, -0.2) is 0 Å². The minimum absolute atomic E-state index is 0.488. The molecule has 1 aliphatic carbocycles. The van der Waals surface area contributed by atoms with E-state index in [0.29, 0.717) is 0 Å². The van der Waals surface area contributed by atoms with Gasteiger partial charge in [-0.3, -0.25) is 0 Å². The minimum Gasteiger partial charge on any atom is -0.310 e. The zero-order valence-corrected chi connectivity index (χ0v) is 32.8. The van der Waals surface area contributed by atoms with E-state index in [-0.39, 0.29) is 0 Å². The molecule has 2 spiro atoms. The predicted octanol–water partition coefficient (Wildman–Crippen LogP) is 10.9. The van der Waals surface area contributed by atoms with Crippen molar-refractivity contribution in [2.45, 2.75) is 19.3 Å². The van der Waals surface area contributed by atoms with Crippen LogP contribution in [0, 0.1) is 13.8 Å². The van der Waals surface area contributed by atoms with Gasteiger partial charge in [0.05, 0.1) is 16.8 Å². The van der Waals surface area contributed by atoms with Crippen molar-refractivity contribution in [3.05, 3.63) is 221 Å². The van der Waals surface area contributed by atoms with Crippen molar-refractivity contribution >= 4 is 56.7 Å². The second kappa shape index (κ2) is 11.0. The summed E-state index contributed by atoms with van der Waals surface area (Å²) in [4.78, 5) is 2.60. The average Bonchev–Trinajstić information content (AvgIpc) is 3.83. The summed E-state index contributed by atoms with van der Waals surface area (Å²) in [7, 11) is -2.69. The number of benzene rings is 9. The van der Waals surface area contributed by atoms with Crippen LogP contribution in [0.15, 0.2) is 188 Å². The van der Waals surface area contributed by atoms with E-state index in [9.17, 15) is 0 Å². The Bertz CT molecular complexity index is 3150. The smallest absolute Gasteiger partial charge is 0.182 e. The maximum Gasteiger partial charge on any atom is 0.182 e. The first-order valence-corrected chi connectivity index (χ1v) is 22.2. The molecule has 0 N–H and O–H groups in total. The molecule has 266 valence electrons. The first kappa shape index (κ1) is 31.5. The SMILES string of the molecule is Cc1ccc2c(c1)[Si]1(c3ccccc3-c3ccc(N4c5ccccc5C5(c6ccccc6-c6ccccc65)c5c4ccc4ccccc54)cc31)c1cc(C)ccc1-2. The molecule has 4 aliphatic rings. The number of fused-ring (bicyclic) bond motifs is 21. The first-order chi connectivity index (χ1) is 28.1. The normalized spacial score (nSPS) is 15.1. The number of nitrogens with zero attached hydrogens (tertiary/aromatic N) is 1. The average molecular weight is 740 g/mol. The van der Waals surface area contributed by atoms with Crippen molar-refractivity contribution in [2.24, 2.45) is 0 Å². The fourth-order valence-electron chi connectivity index (χ4n) is 11.7. The van der Waals surface area contributed by atoms with Gasteiger partial charge in [0.2, 0.25) is 0 Å². The second-order valence-corrected chi connectivity index (χ2v) is 20.2. The van der Waals surface area contributed by atoms with Crippen LogP contribution in [0.1, 0.15) is 33.4 Å². The summed E-state index contributed by atoms with van der Waals surface area (Å²) in [6.45, 7) is 4.52. The molecule has 9 aromatic rings. The molecule has 13 rings (SSSR count). The van der Waals surface area contributed by atoms with Crippen LogP contribution in [0.25, 0.3) is 44.2 Å². The molecular weight excluding hydrogens is 703 g/mol. The van der Waals surface area contributed by atoms with Crippen LogP contribution < -0.4 is 25.6 Å². The fraction of sp³-hybridized carbons (Fsp3) is 0.0545. The van der Waals surface area contributed by atoms with Crippen LogP contribution in [-0.2, 0) is 5.41 Å². The number of anilines is 3. The number of hydrogen-bond donors (Lipinski definition) is 0. The Morgan fingerprint density at radius 1 is 0.386 bits per heavy atom. The molecule has 0 radical (unpaired) electrons. The lowest BCUT2D eigenvalue weighted by Crippen LogP contribution is -2.70. The Morgan fingerprint density at radius 2 is 0.912 bits per heavy atom. The summed E-state index contributed by atoms with van der Waals surface area (Å²) in [5, 5.41) is 8.61. The van der Waals surface area contributed by atoms with Gasteiger partial charge in [-0.15, -0.1) is 0 Å². The van der Waals surface area contributed by atoms with Crippen LogP contribution in [-0.4, -0.2) is 8.07 Å². The van der Waals surface area contributed by atoms with Crippen molar-refractivity contribution in [3.63, 3.8) is 0 Å². The summed E-state index contributed by atoms with van der Waals surface area (Å²) in [6, 6.07) is 72.5. The zero-order valence-electron chi connectivity index (χ0n) is 31.8. The van der Waals surface area contributed by atoms with E-state index in [2.05, 4.69) is 207 Å². The van der Waals surface area contributed by atoms with E-state index in [1.807, 2.05) is 0 Å². The van der Waals surface area contributed by atoms with Gasteiger partial charge < -0.3 is 4.90 Å². The molecule has 0 saturated carbocycles. The summed E-state index contributed by atoms with van der Waals surface area (Å²) in [6.07, 6.45) is 0. The lowest BCUT2D eigenvalue weighted by atomic mass is 9.63. The predicted molar refractivity (Wildman–Crippen MR) is 241 cm³/mol. The summed E-state index contributed by atoms with van der Waals surface area (Å²) in [5.74, 6) is 0. The van der Waals surface area contributed by atoms with Gasteiger partial charge in [0, 0.05) is 11.3 Å². The molecule has 0 fully saturated rings. The lowest BCUT2D eigenvalue weighted by molar-refractivity contribution is 0.760. The molecule has 57 heavy (non-hydrogen) atoms. The van der Waals surface area contributed by atoms with Crippen molar-refractivity contribution in [1.29, 1.82) is 0 Å². The molecule has 3 heterocycles. The van der Waals surface area contributed by atoms with Crippen molar-refractivity contribution in [3.8, 4) is 33.4 Å². The molecule has 1 nitrogen and oxygen atoms in total. The third-order valence-corrected chi connectivity index (χ3v) is 18.7. The van der Waals surface area contributed by atoms with E-state index in [1.165, 1.54) is 115 Å². The van der Waals surface area contributed by atoms with Crippen LogP contribution >= 0.6 is 0 Å². The Balaban J connectivity index is 1.15. The van der Waals surface area contributed by atoms with Crippen molar-refractivity contribution < 1.29 is 0 Å². The van der Waals surface area contributed by atoms with E-state index in [4.69, 9.17) is 0 Å². The highest BCUT2D eigenvalue weighted by atomic mass is 28.3. The number of rotatable bonds is 1. The monoisotopic (exact) mass is 739 g/mol. The van der Waals surface area contributed by atoms with E-state index in [1.54, 1.807) is 0 Å². The molecule has 0 saturated heterocycles. The van der Waals surface area contributed by atoms with Gasteiger partial charge in [-0.1, -0.05) is 175 Å². The Hall–Kier alpha value is -6.74. The Kier molecular flexibility index (Phi) is 6.05. The third-order valence-electron chi connectivity index (χ3n) is 13.8. The lowest BCUT2D eigenvalue weighted by Gasteiger charge is -2.46. The van der Waals surface area contributed by atoms with Gasteiger partial charge in [0.15, 0.2) is 8.07 Å². The van der Waals surface area contributed by atoms with Crippen LogP contribution in [0.5, 0.6) is 0 Å². The number of aryl methyl sites for hydroxylation is 2. The van der Waals surface area contributed by atoms with Gasteiger partial charge in [-0.2, -0.15) is 0 Å². The topological polar surface area (TPSA) is 3.24 Å². The Morgan fingerprint density at radius 3 is 1.61 bits per heavy atom. The number of para-hydroxylation sites is 1. The molecule has 3 aliphatic heterocycles. The highest BCUT2D eigenvalue weighted by Gasteiger charge is 2.55. The van der Waals surface area contributed by atoms with Gasteiger partial charge in [-0.05, 0) is 120 Å². The van der Waals surface area contributed by atoms with Crippen LogP contribution in [0.2, 0.25) is 0 Å². The fourth-order valence-corrected chi connectivity index (χ4v) is 17.5. The van der Waals surface area contributed by atoms with Crippen molar-refractivity contribution in [1.82, 2.24) is 0 Å². The Labute approximate surface area is 334 Å². The zero-order chi connectivity index (χ0) is 37.6. The molecule has 9 aromatic carbocycles. The highest BCUT2D eigenvalue weighted by molar-refractivity contribution is 7.24. The quantitative estimate of drug-likeness (QED) is 0.152. The third kappa shape index (κ3) is 3.71. The van der Waals surface area contributed by atoms with Crippen LogP contribution in [0.4, 0.5) is 17.1 Å². The molecule has 0 aromatic heterocycles. The number of hydrogen-bond acceptors (Lipinski definition) is 1. The summed E-state index contributed by atoms with van der Waals surface area (Å²) >= 11 is 0. The minimum atomic E-state index is -2.69. The largest absolute Gasteiger partial charge is 0.310 e. The molecule has 2 heteroatoms. The maximum absolute atomic E-state index is 2.69. The van der Waals surface area contributed by atoms with E-state index in [0.717, 1.165) is 0 Å². The van der Waals surface area contributed by atoms with Gasteiger partial charge in [0.25, 0.3) is 0 Å². The summed E-state index contributed by atoms with van der Waals surface area (Å²) < 4.78 is 0. The highest BCUT2D eigenvalue weighted by Crippen LogP contribution is 2.64. The summed E-state index contributed by atoms with van der Waals surface area (Å²) in [5.41, 5.74) is 19.4. The maximum atomic E-state index is 2.61. The van der Waals surface area contributed by atoms with Crippen LogP contribution in [0.3, 0.4) is 0 Å². The van der Waals surface area contributed by atoms with E-state index >= 15 is 0 Å². The first-order valence-electron chi connectivity index (χ1n) is 20.2. The molecular formula is C55H37NSi. The molecule has 0 amide bonds.